The Bertz CT molecular complexity index is 1110. The molecule has 0 fully saturated rings. The molecule has 2 aromatic heterocycles. The fourth-order valence-electron chi connectivity index (χ4n) is 3.97. The summed E-state index contributed by atoms with van der Waals surface area (Å²) in [6.45, 7) is 0.736. The van der Waals surface area contributed by atoms with E-state index in [1.165, 1.54) is 5.56 Å². The van der Waals surface area contributed by atoms with E-state index >= 15 is 0 Å². The van der Waals surface area contributed by atoms with Crippen molar-refractivity contribution >= 4 is 27.5 Å². The van der Waals surface area contributed by atoms with Gasteiger partial charge >= 0.3 is 0 Å². The number of thiol groups is 1. The van der Waals surface area contributed by atoms with Crippen LogP contribution in [0, 0.1) is 0 Å². The largest absolute Gasteiger partial charge is 0.398 e. The van der Waals surface area contributed by atoms with Gasteiger partial charge in [0, 0.05) is 41.4 Å². The van der Waals surface area contributed by atoms with Crippen molar-refractivity contribution in [2.24, 2.45) is 5.73 Å². The molecule has 4 heterocycles. The van der Waals surface area contributed by atoms with E-state index in [2.05, 4.69) is 17.1 Å². The van der Waals surface area contributed by atoms with E-state index in [4.69, 9.17) is 10.7 Å². The lowest BCUT2D eigenvalue weighted by atomic mass is 10.1. The molecule has 0 aliphatic carbocycles. The molecule has 0 spiro atoms. The number of fused-ring (bicyclic) bond motifs is 2. The Labute approximate surface area is 172 Å². The molecule has 2 N–H and O–H groups in total. The number of pyridine rings is 2. The molecule has 0 saturated carbocycles. The van der Waals surface area contributed by atoms with Crippen LogP contribution in [0.1, 0.15) is 24.0 Å². The molecule has 1 unspecified atom stereocenters. The van der Waals surface area contributed by atoms with Gasteiger partial charge < -0.3 is 10.6 Å². The van der Waals surface area contributed by atoms with Crippen molar-refractivity contribution in [3.05, 3.63) is 77.5 Å². The zero-order chi connectivity index (χ0) is 19.8. The number of carbonyl (C=O) groups excluding carboxylic acids is 1. The van der Waals surface area contributed by atoms with Crippen LogP contribution in [0.5, 0.6) is 0 Å². The van der Waals surface area contributed by atoms with E-state index in [1.807, 2.05) is 46.7 Å². The van der Waals surface area contributed by atoms with Crippen LogP contribution in [0.2, 0.25) is 0 Å². The van der Waals surface area contributed by atoms with Gasteiger partial charge in [0.05, 0.1) is 10.7 Å². The fourth-order valence-corrected chi connectivity index (χ4v) is 5.95. The number of amides is 1. The first kappa shape index (κ1) is 17.9. The van der Waals surface area contributed by atoms with E-state index in [0.29, 0.717) is 5.70 Å². The van der Waals surface area contributed by atoms with Gasteiger partial charge in [-0.15, -0.1) is 10.9 Å². The lowest BCUT2D eigenvalue weighted by molar-refractivity contribution is 0.265. The number of aryl methyl sites for hydroxylation is 1. The quantitative estimate of drug-likeness (QED) is 0.577. The van der Waals surface area contributed by atoms with Gasteiger partial charge in [-0.2, -0.15) is 0 Å². The Morgan fingerprint density at radius 3 is 2.83 bits per heavy atom. The van der Waals surface area contributed by atoms with Crippen molar-refractivity contribution in [2.45, 2.75) is 24.3 Å². The van der Waals surface area contributed by atoms with Gasteiger partial charge in [-0.3, -0.25) is 9.78 Å². The third-order valence-corrected chi connectivity index (χ3v) is 7.42. The summed E-state index contributed by atoms with van der Waals surface area (Å²) in [5.41, 5.74) is 11.8. The van der Waals surface area contributed by atoms with Crippen LogP contribution in [-0.2, 0) is 6.42 Å². The van der Waals surface area contributed by atoms with Gasteiger partial charge in [0.2, 0.25) is 0 Å². The van der Waals surface area contributed by atoms with E-state index in [0.717, 1.165) is 53.3 Å². The molecule has 6 heteroatoms. The normalized spacial score (nSPS) is 19.1. The number of nitrogens with two attached hydrogens (primary N) is 1. The average Bonchev–Trinajstić information content (AvgIpc) is 2.95. The molecule has 3 aromatic rings. The summed E-state index contributed by atoms with van der Waals surface area (Å²) in [4.78, 5) is 24.7. The number of para-hydroxylation sites is 1. The molecule has 0 radical (unpaired) electrons. The SMILES string of the molecule is NC1=C[SH](C(=O)N2CCCCc3ccccc32)c2nc(-c3cccnc3)ccc21. The van der Waals surface area contributed by atoms with E-state index in [-0.39, 0.29) is 5.24 Å². The minimum absolute atomic E-state index is 0.104. The first-order valence-corrected chi connectivity index (χ1v) is 11.2. The number of nitrogens with zero attached hydrogens (tertiary/aromatic N) is 3. The Hall–Kier alpha value is -3.12. The van der Waals surface area contributed by atoms with Crippen molar-refractivity contribution in [3.8, 4) is 11.3 Å². The van der Waals surface area contributed by atoms with Crippen molar-refractivity contribution in [2.75, 3.05) is 11.4 Å². The number of hydrogen-bond donors (Lipinski definition) is 2. The molecule has 1 aromatic carbocycles. The number of anilines is 1. The Kier molecular flexibility index (Phi) is 4.56. The zero-order valence-corrected chi connectivity index (χ0v) is 16.8. The van der Waals surface area contributed by atoms with Crippen molar-refractivity contribution in [3.63, 3.8) is 0 Å². The van der Waals surface area contributed by atoms with Crippen molar-refractivity contribution < 1.29 is 4.79 Å². The molecule has 0 bridgehead atoms. The smallest absolute Gasteiger partial charge is 0.275 e. The van der Waals surface area contributed by atoms with Crippen LogP contribution in [0.15, 0.2) is 71.4 Å². The molecule has 0 saturated heterocycles. The summed E-state index contributed by atoms with van der Waals surface area (Å²) in [7, 11) is -1.26. The molecular weight excluding hydrogens is 380 g/mol. The minimum atomic E-state index is -1.26. The molecule has 2 aliphatic heterocycles. The van der Waals surface area contributed by atoms with Crippen LogP contribution in [0.3, 0.4) is 0 Å². The number of carbonyl (C=O) groups is 1. The summed E-state index contributed by atoms with van der Waals surface area (Å²) in [5.74, 6) is 0. The van der Waals surface area contributed by atoms with Gasteiger partial charge in [0.25, 0.3) is 5.24 Å². The maximum absolute atomic E-state index is 13.7. The van der Waals surface area contributed by atoms with Crippen molar-refractivity contribution in [1.29, 1.82) is 0 Å². The second-order valence-corrected chi connectivity index (χ2v) is 9.09. The van der Waals surface area contributed by atoms with Gasteiger partial charge in [0.1, 0.15) is 0 Å². The molecule has 5 rings (SSSR count). The van der Waals surface area contributed by atoms with Crippen LogP contribution < -0.4 is 10.6 Å². The third-order valence-electron chi connectivity index (χ3n) is 5.44. The molecule has 29 heavy (non-hydrogen) atoms. The van der Waals surface area contributed by atoms with Crippen molar-refractivity contribution in [1.82, 2.24) is 9.97 Å². The number of aromatic nitrogens is 2. The first-order valence-electron chi connectivity index (χ1n) is 9.80. The van der Waals surface area contributed by atoms with Gasteiger partial charge in [0.15, 0.2) is 0 Å². The maximum Gasteiger partial charge on any atom is 0.275 e. The summed E-state index contributed by atoms with van der Waals surface area (Å²) in [5, 5.41) is 2.81. The Morgan fingerprint density at radius 2 is 1.97 bits per heavy atom. The molecule has 146 valence electrons. The van der Waals surface area contributed by atoms with Crippen LogP contribution in [0.4, 0.5) is 10.5 Å². The summed E-state index contributed by atoms with van der Waals surface area (Å²) < 4.78 is 0. The predicted molar refractivity (Wildman–Crippen MR) is 119 cm³/mol. The van der Waals surface area contributed by atoms with Gasteiger partial charge in [-0.25, -0.2) is 4.98 Å². The van der Waals surface area contributed by atoms with E-state index in [1.54, 1.807) is 12.4 Å². The lowest BCUT2D eigenvalue weighted by Gasteiger charge is -2.27. The topological polar surface area (TPSA) is 72.1 Å². The highest BCUT2D eigenvalue weighted by molar-refractivity contribution is 8.32. The second-order valence-electron chi connectivity index (χ2n) is 7.28. The fraction of sp³-hybridized carbons (Fsp3) is 0.174. The number of benzene rings is 1. The highest BCUT2D eigenvalue weighted by atomic mass is 32.2. The third kappa shape index (κ3) is 3.19. The average molecular weight is 403 g/mol. The van der Waals surface area contributed by atoms with Crippen LogP contribution >= 0.6 is 10.9 Å². The summed E-state index contributed by atoms with van der Waals surface area (Å²) in [6.07, 6.45) is 6.63. The minimum Gasteiger partial charge on any atom is -0.398 e. The first-order chi connectivity index (χ1) is 14.2. The zero-order valence-electron chi connectivity index (χ0n) is 16.0. The van der Waals surface area contributed by atoms with Crippen LogP contribution in [0.25, 0.3) is 17.0 Å². The molecule has 2 aliphatic rings. The number of rotatable bonds is 1. The molecule has 5 nitrogen and oxygen atoms in total. The predicted octanol–water partition coefficient (Wildman–Crippen LogP) is 4.74. The second kappa shape index (κ2) is 7.37. The summed E-state index contributed by atoms with van der Waals surface area (Å²) in [6, 6.07) is 16.0. The maximum atomic E-state index is 13.7. The van der Waals surface area contributed by atoms with E-state index in [9.17, 15) is 4.79 Å². The van der Waals surface area contributed by atoms with Gasteiger partial charge in [-0.1, -0.05) is 18.2 Å². The molecular formula is C23H22N4OS. The highest BCUT2D eigenvalue weighted by Gasteiger charge is 2.32. The number of hydrogen-bond acceptors (Lipinski definition) is 4. The van der Waals surface area contributed by atoms with Gasteiger partial charge in [-0.05, 0) is 60.6 Å². The standard InChI is InChI=1S/C23H22N4OS/c24-19-15-29(22-18(19)10-11-20(26-22)17-8-5-12-25-14-17)23(28)27-13-4-3-7-16-6-1-2-9-21(16)27/h1-2,5-6,8-12,14-15,29H,3-4,7,13,24H2. The van der Waals surface area contributed by atoms with E-state index < -0.39 is 10.9 Å². The molecule has 1 amide bonds. The summed E-state index contributed by atoms with van der Waals surface area (Å²) >= 11 is 0. The molecule has 1 atom stereocenters. The van der Waals surface area contributed by atoms with Crippen LogP contribution in [-0.4, -0.2) is 21.8 Å². The highest BCUT2D eigenvalue weighted by Crippen LogP contribution is 2.50. The Morgan fingerprint density at radius 1 is 1.07 bits per heavy atom. The lowest BCUT2D eigenvalue weighted by Crippen LogP contribution is -2.30. The Balaban J connectivity index is 1.54. The monoisotopic (exact) mass is 402 g/mol.